The highest BCUT2D eigenvalue weighted by Crippen LogP contribution is 2.59. The number of hydrogen-bond acceptors (Lipinski definition) is 2. The molecule has 3 heteroatoms. The Labute approximate surface area is 241 Å². The Morgan fingerprint density at radius 2 is 1.19 bits per heavy atom. The number of fused-ring (bicyclic) bond motifs is 7. The van der Waals surface area contributed by atoms with Crippen LogP contribution in [0.25, 0.3) is 54.9 Å². The molecule has 2 aromatic heterocycles. The highest BCUT2D eigenvalue weighted by molar-refractivity contribution is 6.28. The average Bonchev–Trinajstić information content (AvgIpc) is 3.62. The average molecular weight is 535 g/mol. The Bertz CT molecular complexity index is 2440. The van der Waals surface area contributed by atoms with Crippen LogP contribution in [0.15, 0.2) is 120 Å². The van der Waals surface area contributed by atoms with Crippen LogP contribution in [0.2, 0.25) is 0 Å². The molecule has 3 aliphatic rings. The van der Waals surface area contributed by atoms with Gasteiger partial charge in [0.1, 0.15) is 11.2 Å². The summed E-state index contributed by atoms with van der Waals surface area (Å²) in [6.07, 6.45) is 0. The van der Waals surface area contributed by atoms with E-state index in [2.05, 4.69) is 120 Å². The molecular formula is C39H22N2O. The van der Waals surface area contributed by atoms with E-state index in [9.17, 15) is 5.26 Å². The van der Waals surface area contributed by atoms with Gasteiger partial charge < -0.3 is 9.40 Å². The molecule has 2 heterocycles. The fourth-order valence-electron chi connectivity index (χ4n) is 8.06. The molecule has 0 spiro atoms. The Kier molecular flexibility index (Phi) is 4.10. The molecule has 0 saturated carbocycles. The van der Waals surface area contributed by atoms with Crippen molar-refractivity contribution < 1.29 is 4.42 Å². The fourth-order valence-corrected chi connectivity index (χ4v) is 8.06. The van der Waals surface area contributed by atoms with E-state index in [0.29, 0.717) is 0 Å². The first-order valence-electron chi connectivity index (χ1n) is 14.4. The van der Waals surface area contributed by atoms with E-state index in [-0.39, 0.29) is 11.8 Å². The van der Waals surface area contributed by atoms with Gasteiger partial charge in [-0.2, -0.15) is 5.26 Å². The highest BCUT2D eigenvalue weighted by atomic mass is 16.3. The van der Waals surface area contributed by atoms with Gasteiger partial charge in [0.2, 0.25) is 0 Å². The summed E-state index contributed by atoms with van der Waals surface area (Å²) in [7, 11) is 0. The van der Waals surface area contributed by atoms with Crippen molar-refractivity contribution in [3.63, 3.8) is 0 Å². The zero-order valence-electron chi connectivity index (χ0n) is 22.5. The summed E-state index contributed by atoms with van der Waals surface area (Å²) >= 11 is 0. The van der Waals surface area contributed by atoms with E-state index in [1.54, 1.807) is 0 Å². The smallest absolute Gasteiger partial charge is 0.146 e. The number of aromatic amines is 1. The Balaban J connectivity index is 1.43. The first-order valence-corrected chi connectivity index (χ1v) is 14.4. The maximum absolute atomic E-state index is 10.5. The number of rotatable bonds is 1. The fraction of sp³-hybridized carbons (Fsp3) is 0.0513. The molecule has 0 amide bonds. The lowest BCUT2D eigenvalue weighted by Crippen LogP contribution is -2.28. The minimum Gasteiger partial charge on any atom is -0.455 e. The molecular weight excluding hydrogens is 512 g/mol. The molecule has 1 N–H and O–H groups in total. The van der Waals surface area contributed by atoms with Crippen LogP contribution >= 0.6 is 0 Å². The number of hydrogen-bond donors (Lipinski definition) is 1. The number of nitrogens with zero attached hydrogens (tertiary/aromatic N) is 1. The molecule has 3 nitrogen and oxygen atoms in total. The van der Waals surface area contributed by atoms with Crippen molar-refractivity contribution >= 4 is 43.7 Å². The van der Waals surface area contributed by atoms with Gasteiger partial charge in [0, 0.05) is 33.5 Å². The minimum absolute atomic E-state index is 0.0242. The van der Waals surface area contributed by atoms with Gasteiger partial charge in [-0.15, -0.1) is 0 Å². The number of furan rings is 1. The van der Waals surface area contributed by atoms with Gasteiger partial charge >= 0.3 is 0 Å². The van der Waals surface area contributed by atoms with E-state index in [1.807, 2.05) is 6.07 Å². The number of nitriles is 1. The van der Waals surface area contributed by atoms with Crippen molar-refractivity contribution in [3.05, 3.63) is 154 Å². The van der Waals surface area contributed by atoms with Crippen LogP contribution in [-0.2, 0) is 0 Å². The molecule has 42 heavy (non-hydrogen) atoms. The van der Waals surface area contributed by atoms with Crippen molar-refractivity contribution in [1.82, 2.24) is 4.98 Å². The monoisotopic (exact) mass is 534 g/mol. The predicted molar refractivity (Wildman–Crippen MR) is 168 cm³/mol. The van der Waals surface area contributed by atoms with Crippen molar-refractivity contribution in [2.45, 2.75) is 11.8 Å². The molecule has 0 fully saturated rings. The van der Waals surface area contributed by atoms with E-state index in [0.717, 1.165) is 60.6 Å². The van der Waals surface area contributed by atoms with Gasteiger partial charge in [-0.1, -0.05) is 97.1 Å². The molecule has 0 aliphatic heterocycles. The summed E-state index contributed by atoms with van der Waals surface area (Å²) in [6.45, 7) is 0. The summed E-state index contributed by atoms with van der Waals surface area (Å²) in [5.41, 5.74) is 14.5. The van der Waals surface area contributed by atoms with Gasteiger partial charge in [-0.25, -0.2) is 0 Å². The third-order valence-electron chi connectivity index (χ3n) is 9.60. The standard InChI is InChI=1S/C39H22N2O/c40-20-22-18-29-36(38-32(22)33-23-12-4-6-14-25(23)34(38)26-15-7-5-13-24(26)33)37-30(41-29)19-28(21-10-2-1-3-11-21)35-27-16-8-9-17-31(27)42-39(35)37/h1-19,33-34,41H. The van der Waals surface area contributed by atoms with Crippen molar-refractivity contribution in [2.24, 2.45) is 0 Å². The zero-order chi connectivity index (χ0) is 27.5. The largest absolute Gasteiger partial charge is 0.455 e. The number of para-hydroxylation sites is 1. The van der Waals surface area contributed by atoms with E-state index in [4.69, 9.17) is 4.42 Å². The van der Waals surface area contributed by atoms with Crippen molar-refractivity contribution in [2.75, 3.05) is 0 Å². The van der Waals surface area contributed by atoms with Gasteiger partial charge in [0.25, 0.3) is 0 Å². The van der Waals surface area contributed by atoms with E-state index in [1.165, 1.54) is 33.2 Å². The van der Waals surface area contributed by atoms with Crippen LogP contribution in [0.4, 0.5) is 0 Å². The number of benzene rings is 6. The maximum Gasteiger partial charge on any atom is 0.146 e. The van der Waals surface area contributed by atoms with E-state index >= 15 is 0 Å². The molecule has 194 valence electrons. The second kappa shape index (κ2) is 7.78. The molecule has 0 atom stereocenters. The summed E-state index contributed by atoms with van der Waals surface area (Å²) < 4.78 is 6.78. The lowest BCUT2D eigenvalue weighted by atomic mass is 9.59. The van der Waals surface area contributed by atoms with Gasteiger partial charge in [0.05, 0.1) is 22.5 Å². The molecule has 8 aromatic rings. The number of H-pyrrole nitrogens is 1. The lowest BCUT2D eigenvalue weighted by molar-refractivity contribution is 0.673. The third kappa shape index (κ3) is 2.61. The van der Waals surface area contributed by atoms with Gasteiger partial charge in [-0.05, 0) is 62.7 Å². The molecule has 6 aromatic carbocycles. The maximum atomic E-state index is 10.5. The van der Waals surface area contributed by atoms with Crippen LogP contribution < -0.4 is 0 Å². The molecule has 3 aliphatic carbocycles. The first kappa shape index (κ1) is 22.1. The van der Waals surface area contributed by atoms with Gasteiger partial charge in [0.15, 0.2) is 0 Å². The van der Waals surface area contributed by atoms with Crippen molar-refractivity contribution in [1.29, 1.82) is 5.26 Å². The zero-order valence-corrected chi connectivity index (χ0v) is 22.5. The van der Waals surface area contributed by atoms with Crippen molar-refractivity contribution in [3.8, 4) is 17.2 Å². The molecule has 0 saturated heterocycles. The Hall–Kier alpha value is -5.59. The highest BCUT2D eigenvalue weighted by Gasteiger charge is 2.44. The summed E-state index contributed by atoms with van der Waals surface area (Å²) in [5.74, 6) is 0.0663. The van der Waals surface area contributed by atoms with Gasteiger partial charge in [-0.3, -0.25) is 0 Å². The summed E-state index contributed by atoms with van der Waals surface area (Å²) in [6, 6.07) is 43.4. The van der Waals surface area contributed by atoms with Crippen LogP contribution in [0.3, 0.4) is 0 Å². The number of aromatic nitrogens is 1. The summed E-state index contributed by atoms with van der Waals surface area (Å²) in [4.78, 5) is 3.75. The SMILES string of the molecule is N#Cc1cc2[nH]c3cc(-c4ccccc4)c4c5ccccc5oc4c3c2c2c1C1c3ccccc3C2c2ccccc21. The second-order valence-electron chi connectivity index (χ2n) is 11.5. The minimum atomic E-state index is 0.0242. The van der Waals surface area contributed by atoms with Crippen LogP contribution in [-0.4, -0.2) is 4.98 Å². The number of nitrogens with one attached hydrogen (secondary N) is 1. The lowest BCUT2D eigenvalue weighted by Gasteiger charge is -2.43. The topological polar surface area (TPSA) is 52.7 Å². The first-order chi connectivity index (χ1) is 20.8. The van der Waals surface area contributed by atoms with Crippen LogP contribution in [0.5, 0.6) is 0 Å². The van der Waals surface area contributed by atoms with Crippen LogP contribution in [0.1, 0.15) is 50.8 Å². The van der Waals surface area contributed by atoms with E-state index < -0.39 is 0 Å². The summed E-state index contributed by atoms with van der Waals surface area (Å²) in [5, 5.41) is 15.0. The molecule has 2 bridgehead atoms. The second-order valence-corrected chi connectivity index (χ2v) is 11.5. The molecule has 11 rings (SSSR count). The van der Waals surface area contributed by atoms with Crippen LogP contribution in [0, 0.1) is 11.3 Å². The Morgan fingerprint density at radius 3 is 1.88 bits per heavy atom. The third-order valence-corrected chi connectivity index (χ3v) is 9.60. The predicted octanol–water partition coefficient (Wildman–Crippen LogP) is 9.75. The normalized spacial score (nSPS) is 16.5. The molecule has 0 radical (unpaired) electrons. The Morgan fingerprint density at radius 1 is 0.595 bits per heavy atom. The quantitative estimate of drug-likeness (QED) is 0.228. The molecule has 0 unspecified atom stereocenters.